The SMILES string of the molecule is CCNC(CC1(OC)CCC1)c1cc(F)c(F)cc1F. The van der Waals surface area contributed by atoms with Crippen molar-refractivity contribution in [1.29, 1.82) is 0 Å². The van der Waals surface area contributed by atoms with Crippen LogP contribution in [-0.4, -0.2) is 19.3 Å². The van der Waals surface area contributed by atoms with E-state index in [1.54, 1.807) is 7.11 Å². The average Bonchev–Trinajstić information content (AvgIpc) is 2.37. The third kappa shape index (κ3) is 2.99. The third-order valence-corrected chi connectivity index (χ3v) is 4.14. The number of halogens is 3. The van der Waals surface area contributed by atoms with Crippen LogP contribution < -0.4 is 5.32 Å². The highest BCUT2D eigenvalue weighted by Crippen LogP contribution is 2.42. The lowest BCUT2D eigenvalue weighted by Crippen LogP contribution is -2.43. The third-order valence-electron chi connectivity index (χ3n) is 4.14. The van der Waals surface area contributed by atoms with E-state index in [0.717, 1.165) is 25.3 Å². The first-order valence-corrected chi connectivity index (χ1v) is 6.94. The predicted octanol–water partition coefficient (Wildman–Crippen LogP) is 3.71. The lowest BCUT2D eigenvalue weighted by Gasteiger charge is -2.43. The second-order valence-electron chi connectivity index (χ2n) is 5.34. The van der Waals surface area contributed by atoms with E-state index in [4.69, 9.17) is 4.74 Å². The van der Waals surface area contributed by atoms with Crippen LogP contribution in [-0.2, 0) is 4.74 Å². The van der Waals surface area contributed by atoms with Gasteiger partial charge in [0, 0.05) is 24.8 Å². The van der Waals surface area contributed by atoms with Crippen LogP contribution in [0.5, 0.6) is 0 Å². The lowest BCUT2D eigenvalue weighted by atomic mass is 9.74. The quantitative estimate of drug-likeness (QED) is 0.805. The Hall–Kier alpha value is -1.07. The van der Waals surface area contributed by atoms with Gasteiger partial charge in [0.05, 0.1) is 5.60 Å². The van der Waals surface area contributed by atoms with E-state index in [-0.39, 0.29) is 17.2 Å². The number of hydrogen-bond acceptors (Lipinski definition) is 2. The van der Waals surface area contributed by atoms with Gasteiger partial charge in [0.15, 0.2) is 11.6 Å². The van der Waals surface area contributed by atoms with Gasteiger partial charge >= 0.3 is 0 Å². The van der Waals surface area contributed by atoms with Crippen molar-refractivity contribution in [1.82, 2.24) is 5.32 Å². The normalized spacial score (nSPS) is 18.6. The zero-order valence-corrected chi connectivity index (χ0v) is 11.8. The topological polar surface area (TPSA) is 21.3 Å². The van der Waals surface area contributed by atoms with Gasteiger partial charge in [0.2, 0.25) is 0 Å². The van der Waals surface area contributed by atoms with Crippen molar-refractivity contribution in [2.24, 2.45) is 0 Å². The molecule has 1 N–H and O–H groups in total. The molecular formula is C15H20F3NO. The molecule has 1 aromatic carbocycles. The highest BCUT2D eigenvalue weighted by Gasteiger charge is 2.39. The lowest BCUT2D eigenvalue weighted by molar-refractivity contribution is -0.0839. The van der Waals surface area contributed by atoms with Crippen molar-refractivity contribution < 1.29 is 17.9 Å². The maximum atomic E-state index is 13.9. The maximum Gasteiger partial charge on any atom is 0.161 e. The van der Waals surface area contributed by atoms with E-state index >= 15 is 0 Å². The molecule has 0 amide bonds. The molecule has 1 aliphatic carbocycles. The summed E-state index contributed by atoms with van der Waals surface area (Å²) < 4.78 is 45.9. The Morgan fingerprint density at radius 2 is 1.85 bits per heavy atom. The summed E-state index contributed by atoms with van der Waals surface area (Å²) in [4.78, 5) is 0. The van der Waals surface area contributed by atoms with Crippen molar-refractivity contribution in [3.05, 3.63) is 35.1 Å². The molecule has 1 fully saturated rings. The second-order valence-corrected chi connectivity index (χ2v) is 5.34. The number of methoxy groups -OCH3 is 1. The molecule has 2 nitrogen and oxygen atoms in total. The first-order valence-electron chi connectivity index (χ1n) is 6.94. The largest absolute Gasteiger partial charge is 0.378 e. The molecule has 2 rings (SSSR count). The van der Waals surface area contributed by atoms with Gasteiger partial charge in [-0.25, -0.2) is 13.2 Å². The van der Waals surface area contributed by atoms with Gasteiger partial charge in [-0.1, -0.05) is 6.92 Å². The predicted molar refractivity (Wildman–Crippen MR) is 70.9 cm³/mol. The first-order chi connectivity index (χ1) is 9.51. The molecule has 0 radical (unpaired) electrons. The van der Waals surface area contributed by atoms with Gasteiger partial charge in [-0.15, -0.1) is 0 Å². The number of ether oxygens (including phenoxy) is 1. The fraction of sp³-hybridized carbons (Fsp3) is 0.600. The summed E-state index contributed by atoms with van der Waals surface area (Å²) in [5.74, 6) is -2.91. The van der Waals surface area contributed by atoms with E-state index in [9.17, 15) is 13.2 Å². The minimum Gasteiger partial charge on any atom is -0.378 e. The Morgan fingerprint density at radius 3 is 2.35 bits per heavy atom. The molecule has 1 aromatic rings. The monoisotopic (exact) mass is 287 g/mol. The molecule has 0 spiro atoms. The zero-order chi connectivity index (χ0) is 14.8. The highest BCUT2D eigenvalue weighted by atomic mass is 19.2. The smallest absolute Gasteiger partial charge is 0.161 e. The molecule has 20 heavy (non-hydrogen) atoms. The van der Waals surface area contributed by atoms with Crippen LogP contribution in [0.15, 0.2) is 12.1 Å². The molecule has 0 heterocycles. The maximum absolute atomic E-state index is 13.9. The summed E-state index contributed by atoms with van der Waals surface area (Å²) in [5.41, 5.74) is -0.112. The summed E-state index contributed by atoms with van der Waals surface area (Å²) >= 11 is 0. The molecule has 0 saturated heterocycles. The summed E-state index contributed by atoms with van der Waals surface area (Å²) in [6.07, 6.45) is 3.46. The van der Waals surface area contributed by atoms with Crippen LogP contribution in [0.25, 0.3) is 0 Å². The first kappa shape index (κ1) is 15.3. The summed E-state index contributed by atoms with van der Waals surface area (Å²) in [5, 5.41) is 3.14. The Labute approximate surface area is 117 Å². The van der Waals surface area contributed by atoms with E-state index in [0.29, 0.717) is 19.0 Å². The molecule has 1 atom stereocenters. The van der Waals surface area contributed by atoms with Crippen molar-refractivity contribution >= 4 is 0 Å². The van der Waals surface area contributed by atoms with Gasteiger partial charge in [0.25, 0.3) is 0 Å². The molecule has 0 aromatic heterocycles. The Balaban J connectivity index is 2.26. The van der Waals surface area contributed by atoms with E-state index in [2.05, 4.69) is 5.32 Å². The highest BCUT2D eigenvalue weighted by molar-refractivity contribution is 5.24. The van der Waals surface area contributed by atoms with Crippen LogP contribution in [0.4, 0.5) is 13.2 Å². The zero-order valence-electron chi connectivity index (χ0n) is 11.8. The van der Waals surface area contributed by atoms with Gasteiger partial charge in [-0.3, -0.25) is 0 Å². The molecule has 112 valence electrons. The molecule has 0 bridgehead atoms. The molecule has 1 aliphatic rings. The minimum atomic E-state index is -1.16. The summed E-state index contributed by atoms with van der Waals surface area (Å²) in [6, 6.07) is 1.17. The van der Waals surface area contributed by atoms with Crippen molar-refractivity contribution in [3.8, 4) is 0 Å². The van der Waals surface area contributed by atoms with Gasteiger partial charge in [-0.05, 0) is 38.3 Å². The van der Waals surface area contributed by atoms with Crippen LogP contribution in [0.1, 0.15) is 44.2 Å². The van der Waals surface area contributed by atoms with Crippen LogP contribution in [0.2, 0.25) is 0 Å². The van der Waals surface area contributed by atoms with E-state index in [1.165, 1.54) is 0 Å². The summed E-state index contributed by atoms with van der Waals surface area (Å²) in [6.45, 7) is 2.51. The van der Waals surface area contributed by atoms with Crippen molar-refractivity contribution in [2.45, 2.75) is 44.2 Å². The number of benzene rings is 1. The van der Waals surface area contributed by atoms with E-state index < -0.39 is 17.5 Å². The van der Waals surface area contributed by atoms with Crippen LogP contribution >= 0.6 is 0 Å². The molecule has 5 heteroatoms. The van der Waals surface area contributed by atoms with Crippen molar-refractivity contribution in [3.63, 3.8) is 0 Å². The Bertz CT molecular complexity index is 469. The molecule has 1 saturated carbocycles. The Morgan fingerprint density at radius 1 is 1.20 bits per heavy atom. The number of nitrogens with one attached hydrogen (secondary N) is 1. The number of rotatable bonds is 6. The van der Waals surface area contributed by atoms with Gasteiger partial charge in [-0.2, -0.15) is 0 Å². The Kier molecular flexibility index (Phi) is 4.70. The van der Waals surface area contributed by atoms with Crippen LogP contribution in [0.3, 0.4) is 0 Å². The van der Waals surface area contributed by atoms with Crippen LogP contribution in [0, 0.1) is 17.5 Å². The standard InChI is InChI=1S/C15H20F3NO/c1-3-19-14(9-15(20-2)5-4-6-15)10-7-12(17)13(18)8-11(10)16/h7-8,14,19H,3-6,9H2,1-2H3. The molecule has 0 aliphatic heterocycles. The minimum absolute atomic E-state index is 0.161. The second kappa shape index (κ2) is 6.14. The number of hydrogen-bond donors (Lipinski definition) is 1. The molecular weight excluding hydrogens is 267 g/mol. The molecule has 1 unspecified atom stereocenters. The van der Waals surface area contributed by atoms with Gasteiger partial charge < -0.3 is 10.1 Å². The fourth-order valence-electron chi connectivity index (χ4n) is 2.78. The van der Waals surface area contributed by atoms with E-state index in [1.807, 2.05) is 6.92 Å². The average molecular weight is 287 g/mol. The summed E-state index contributed by atoms with van der Waals surface area (Å²) in [7, 11) is 1.64. The van der Waals surface area contributed by atoms with Crippen molar-refractivity contribution in [2.75, 3.05) is 13.7 Å². The van der Waals surface area contributed by atoms with Gasteiger partial charge in [0.1, 0.15) is 5.82 Å². The fourth-order valence-corrected chi connectivity index (χ4v) is 2.78.